The van der Waals surface area contributed by atoms with Crippen LogP contribution in [0.2, 0.25) is 0 Å². The lowest BCUT2D eigenvalue weighted by molar-refractivity contribution is 0.0288. The Bertz CT molecular complexity index is 483. The van der Waals surface area contributed by atoms with Gasteiger partial charge in [-0.05, 0) is 43.1 Å². The van der Waals surface area contributed by atoms with Crippen LogP contribution >= 0.6 is 0 Å². The van der Waals surface area contributed by atoms with Gasteiger partial charge in [-0.25, -0.2) is 0 Å². The number of allylic oxidation sites excluding steroid dienone is 2. The Hall–Kier alpha value is -1.12. The van der Waals surface area contributed by atoms with E-state index in [-0.39, 0.29) is 6.23 Å². The van der Waals surface area contributed by atoms with Gasteiger partial charge in [-0.3, -0.25) is 4.90 Å². The number of hydrogen-bond acceptors (Lipinski definition) is 2. The summed E-state index contributed by atoms with van der Waals surface area (Å²) in [6.07, 6.45) is 10.4. The minimum atomic E-state index is 0.193. The van der Waals surface area contributed by atoms with Crippen molar-refractivity contribution in [2.24, 2.45) is 11.8 Å². The van der Waals surface area contributed by atoms with Crippen LogP contribution in [-0.2, 0) is 4.74 Å². The van der Waals surface area contributed by atoms with Gasteiger partial charge in [0.05, 0.1) is 6.61 Å². The van der Waals surface area contributed by atoms with Gasteiger partial charge in [0, 0.05) is 12.6 Å². The van der Waals surface area contributed by atoms with E-state index in [2.05, 4.69) is 47.4 Å². The quantitative estimate of drug-likeness (QED) is 0.758. The minimum absolute atomic E-state index is 0.193. The molecule has 0 spiro atoms. The van der Waals surface area contributed by atoms with Gasteiger partial charge in [0.25, 0.3) is 0 Å². The third-order valence-corrected chi connectivity index (χ3v) is 5.22. The van der Waals surface area contributed by atoms with Gasteiger partial charge in [-0.1, -0.05) is 42.5 Å². The molecular weight excluding hydrogens is 246 g/mol. The van der Waals surface area contributed by atoms with E-state index in [1.165, 1.54) is 37.8 Å². The van der Waals surface area contributed by atoms with Crippen molar-refractivity contribution in [3.63, 3.8) is 0 Å². The molecule has 2 saturated heterocycles. The molecule has 106 valence electrons. The van der Waals surface area contributed by atoms with E-state index < -0.39 is 0 Å². The first kappa shape index (κ1) is 12.6. The molecule has 0 N–H and O–H groups in total. The topological polar surface area (TPSA) is 12.5 Å². The van der Waals surface area contributed by atoms with Crippen LogP contribution in [0.4, 0.5) is 0 Å². The third-order valence-electron chi connectivity index (χ3n) is 5.22. The lowest BCUT2D eigenvalue weighted by Gasteiger charge is -2.26. The Morgan fingerprint density at radius 2 is 2.05 bits per heavy atom. The van der Waals surface area contributed by atoms with E-state index in [0.29, 0.717) is 6.04 Å². The standard InChI is InChI=1S/C18H23NO/c1-3-7-14(8-4-1)16-11-17-13-20-18(19(17)12-16)15-9-5-2-6-10-15/h2-3,5-7,9-10,14,16-18H,1,4,8,11-13H2/t14?,16?,17-,18+/m0/s1. The maximum absolute atomic E-state index is 6.05. The largest absolute Gasteiger partial charge is 0.357 e. The van der Waals surface area contributed by atoms with E-state index in [1.807, 2.05) is 0 Å². The summed E-state index contributed by atoms with van der Waals surface area (Å²) in [6, 6.07) is 11.3. The number of rotatable bonds is 2. The summed E-state index contributed by atoms with van der Waals surface area (Å²) >= 11 is 0. The van der Waals surface area contributed by atoms with Gasteiger partial charge < -0.3 is 4.74 Å². The molecule has 1 aromatic rings. The fourth-order valence-electron chi connectivity index (χ4n) is 4.18. The van der Waals surface area contributed by atoms with E-state index in [0.717, 1.165) is 18.4 Å². The van der Waals surface area contributed by atoms with E-state index >= 15 is 0 Å². The second kappa shape index (κ2) is 5.34. The predicted molar refractivity (Wildman–Crippen MR) is 80.2 cm³/mol. The summed E-state index contributed by atoms with van der Waals surface area (Å²) in [4.78, 5) is 2.60. The first-order valence-corrected chi connectivity index (χ1v) is 8.01. The number of ether oxygens (including phenoxy) is 1. The molecule has 0 saturated carbocycles. The Labute approximate surface area is 121 Å². The highest BCUT2D eigenvalue weighted by atomic mass is 16.5. The van der Waals surface area contributed by atoms with Crippen LogP contribution in [0.3, 0.4) is 0 Å². The highest BCUT2D eigenvalue weighted by Crippen LogP contribution is 2.42. The van der Waals surface area contributed by atoms with Crippen LogP contribution in [0.15, 0.2) is 42.5 Å². The Morgan fingerprint density at radius 1 is 1.15 bits per heavy atom. The average molecular weight is 269 g/mol. The van der Waals surface area contributed by atoms with Crippen LogP contribution < -0.4 is 0 Å². The van der Waals surface area contributed by atoms with Gasteiger partial charge in [0.1, 0.15) is 6.23 Å². The smallest absolute Gasteiger partial charge is 0.137 e. The van der Waals surface area contributed by atoms with Crippen LogP contribution in [0.5, 0.6) is 0 Å². The molecule has 2 fully saturated rings. The molecule has 20 heavy (non-hydrogen) atoms. The highest BCUT2D eigenvalue weighted by Gasteiger charge is 2.44. The van der Waals surface area contributed by atoms with Crippen LogP contribution in [0, 0.1) is 11.8 Å². The van der Waals surface area contributed by atoms with Gasteiger partial charge in [0.15, 0.2) is 0 Å². The van der Waals surface area contributed by atoms with E-state index in [9.17, 15) is 0 Å². The van der Waals surface area contributed by atoms with Gasteiger partial charge in [-0.2, -0.15) is 0 Å². The van der Waals surface area contributed by atoms with Crippen molar-refractivity contribution in [1.29, 1.82) is 0 Å². The molecule has 3 aliphatic rings. The monoisotopic (exact) mass is 269 g/mol. The molecule has 0 amide bonds. The molecule has 0 bridgehead atoms. The summed E-state index contributed by atoms with van der Waals surface area (Å²) < 4.78 is 6.05. The zero-order valence-electron chi connectivity index (χ0n) is 11.9. The number of benzene rings is 1. The summed E-state index contributed by atoms with van der Waals surface area (Å²) in [6.45, 7) is 2.12. The van der Waals surface area contributed by atoms with Crippen molar-refractivity contribution >= 4 is 0 Å². The molecule has 2 aliphatic heterocycles. The zero-order valence-corrected chi connectivity index (χ0v) is 11.9. The molecule has 0 radical (unpaired) electrons. The predicted octanol–water partition coefficient (Wildman–Crippen LogP) is 3.76. The Morgan fingerprint density at radius 3 is 2.85 bits per heavy atom. The molecule has 1 aliphatic carbocycles. The highest BCUT2D eigenvalue weighted by molar-refractivity contribution is 5.19. The second-order valence-corrected chi connectivity index (χ2v) is 6.47. The minimum Gasteiger partial charge on any atom is -0.357 e. The number of nitrogens with zero attached hydrogens (tertiary/aromatic N) is 1. The number of fused-ring (bicyclic) bond motifs is 1. The van der Waals surface area contributed by atoms with Crippen molar-refractivity contribution in [2.45, 2.75) is 38.0 Å². The molecule has 2 heteroatoms. The fraction of sp³-hybridized carbons (Fsp3) is 0.556. The normalized spacial score (nSPS) is 37.2. The molecule has 4 atom stereocenters. The fourth-order valence-corrected chi connectivity index (χ4v) is 4.18. The molecule has 1 aromatic carbocycles. The molecule has 4 rings (SSSR count). The number of hydrogen-bond donors (Lipinski definition) is 0. The first-order valence-electron chi connectivity index (χ1n) is 8.01. The second-order valence-electron chi connectivity index (χ2n) is 6.47. The summed E-state index contributed by atoms with van der Waals surface area (Å²) in [5.74, 6) is 1.65. The molecule has 2 unspecified atom stereocenters. The SMILES string of the molecule is C1=CC(C2C[C@H]3CO[C@H](c4ccccc4)N3C2)CCC1. The summed E-state index contributed by atoms with van der Waals surface area (Å²) in [7, 11) is 0. The van der Waals surface area contributed by atoms with E-state index in [1.54, 1.807) is 0 Å². The van der Waals surface area contributed by atoms with E-state index in [4.69, 9.17) is 4.74 Å². The van der Waals surface area contributed by atoms with Crippen LogP contribution in [0.1, 0.15) is 37.5 Å². The van der Waals surface area contributed by atoms with Crippen molar-refractivity contribution < 1.29 is 4.74 Å². The zero-order chi connectivity index (χ0) is 13.4. The summed E-state index contributed by atoms with van der Waals surface area (Å²) in [5, 5.41) is 0. The molecule has 2 nitrogen and oxygen atoms in total. The molecular formula is C18H23NO. The maximum Gasteiger partial charge on any atom is 0.137 e. The Kier molecular flexibility index (Phi) is 3.37. The lowest BCUT2D eigenvalue weighted by Crippen LogP contribution is -2.27. The van der Waals surface area contributed by atoms with Gasteiger partial charge >= 0.3 is 0 Å². The Balaban J connectivity index is 1.49. The molecule has 2 heterocycles. The van der Waals surface area contributed by atoms with Crippen molar-refractivity contribution in [2.75, 3.05) is 13.2 Å². The first-order chi connectivity index (χ1) is 9.92. The summed E-state index contributed by atoms with van der Waals surface area (Å²) in [5.41, 5.74) is 1.31. The third kappa shape index (κ3) is 2.21. The van der Waals surface area contributed by atoms with Gasteiger partial charge in [0.2, 0.25) is 0 Å². The maximum atomic E-state index is 6.05. The lowest BCUT2D eigenvalue weighted by atomic mass is 9.83. The average Bonchev–Trinajstić information content (AvgIpc) is 3.09. The van der Waals surface area contributed by atoms with Crippen LogP contribution in [-0.4, -0.2) is 24.1 Å². The molecule has 0 aromatic heterocycles. The van der Waals surface area contributed by atoms with Crippen molar-refractivity contribution in [1.82, 2.24) is 4.90 Å². The van der Waals surface area contributed by atoms with Crippen LogP contribution in [0.25, 0.3) is 0 Å². The van der Waals surface area contributed by atoms with Gasteiger partial charge in [-0.15, -0.1) is 0 Å². The van der Waals surface area contributed by atoms with Crippen molar-refractivity contribution in [3.8, 4) is 0 Å². The van der Waals surface area contributed by atoms with Crippen molar-refractivity contribution in [3.05, 3.63) is 48.0 Å².